The number of carbonyl (C=O) groups is 1. The molecule has 1 amide bonds. The highest BCUT2D eigenvalue weighted by Crippen LogP contribution is 2.22. The maximum absolute atomic E-state index is 12.4. The average molecular weight is 311 g/mol. The zero-order valence-corrected chi connectivity index (χ0v) is 14.4. The first kappa shape index (κ1) is 17.1. The molecule has 1 atom stereocenters. The van der Waals surface area contributed by atoms with E-state index in [4.69, 9.17) is 4.74 Å². The Kier molecular flexibility index (Phi) is 5.80. The van der Waals surface area contributed by atoms with Gasteiger partial charge in [-0.25, -0.2) is 0 Å². The third kappa shape index (κ3) is 4.59. The fourth-order valence-corrected chi connectivity index (χ4v) is 2.62. The molecule has 23 heavy (non-hydrogen) atoms. The van der Waals surface area contributed by atoms with Gasteiger partial charge < -0.3 is 9.64 Å². The largest absolute Gasteiger partial charge is 0.497 e. The van der Waals surface area contributed by atoms with E-state index >= 15 is 0 Å². The molecule has 0 heterocycles. The molecule has 3 heteroatoms. The molecule has 0 aromatic heterocycles. The second-order valence-corrected chi connectivity index (χ2v) is 5.94. The summed E-state index contributed by atoms with van der Waals surface area (Å²) in [6, 6.07) is 16.2. The van der Waals surface area contributed by atoms with E-state index in [2.05, 4.69) is 25.1 Å². The van der Waals surface area contributed by atoms with E-state index < -0.39 is 0 Å². The number of hydrogen-bond acceptors (Lipinski definition) is 2. The molecule has 0 N–H and O–H groups in total. The average Bonchev–Trinajstić information content (AvgIpc) is 2.58. The van der Waals surface area contributed by atoms with Crippen LogP contribution in [-0.2, 0) is 11.2 Å². The maximum atomic E-state index is 12.4. The zero-order chi connectivity index (χ0) is 16.8. The van der Waals surface area contributed by atoms with Crippen molar-refractivity contribution in [3.05, 3.63) is 65.2 Å². The highest BCUT2D eigenvalue weighted by molar-refractivity contribution is 5.76. The summed E-state index contributed by atoms with van der Waals surface area (Å²) in [4.78, 5) is 14.3. The number of hydrogen-bond donors (Lipinski definition) is 0. The number of nitrogens with zero attached hydrogens (tertiary/aromatic N) is 1. The van der Waals surface area contributed by atoms with Gasteiger partial charge in [0.15, 0.2) is 0 Å². The molecule has 3 nitrogen and oxygen atoms in total. The quantitative estimate of drug-likeness (QED) is 0.802. The number of ether oxygens (including phenoxy) is 1. The number of aryl methyl sites for hydroxylation is 2. The fourth-order valence-electron chi connectivity index (χ4n) is 2.62. The van der Waals surface area contributed by atoms with Crippen LogP contribution in [0.2, 0.25) is 0 Å². The fraction of sp³-hybridized carbons (Fsp3) is 0.350. The van der Waals surface area contributed by atoms with Crippen LogP contribution in [0.5, 0.6) is 5.75 Å². The second kappa shape index (κ2) is 7.82. The van der Waals surface area contributed by atoms with Crippen LogP contribution in [0.25, 0.3) is 0 Å². The predicted octanol–water partition coefficient (Wildman–Crippen LogP) is 4.16. The minimum Gasteiger partial charge on any atom is -0.497 e. The van der Waals surface area contributed by atoms with Gasteiger partial charge in [0, 0.05) is 13.5 Å². The summed E-state index contributed by atoms with van der Waals surface area (Å²) in [5.74, 6) is 0.990. The maximum Gasteiger partial charge on any atom is 0.223 e. The van der Waals surface area contributed by atoms with Gasteiger partial charge >= 0.3 is 0 Å². The predicted molar refractivity (Wildman–Crippen MR) is 93.7 cm³/mol. The van der Waals surface area contributed by atoms with Crippen molar-refractivity contribution in [2.75, 3.05) is 14.2 Å². The summed E-state index contributed by atoms with van der Waals surface area (Å²) >= 11 is 0. The van der Waals surface area contributed by atoms with E-state index in [1.54, 1.807) is 7.11 Å². The first-order chi connectivity index (χ1) is 11.0. The van der Waals surface area contributed by atoms with Crippen LogP contribution >= 0.6 is 0 Å². The van der Waals surface area contributed by atoms with E-state index in [0.717, 1.165) is 17.7 Å². The van der Waals surface area contributed by atoms with Crippen molar-refractivity contribution in [2.24, 2.45) is 0 Å². The minimum atomic E-state index is 0.0471. The van der Waals surface area contributed by atoms with Gasteiger partial charge in [0.1, 0.15) is 5.75 Å². The normalized spacial score (nSPS) is 11.8. The van der Waals surface area contributed by atoms with Crippen molar-refractivity contribution >= 4 is 5.91 Å². The van der Waals surface area contributed by atoms with Crippen molar-refractivity contribution in [3.8, 4) is 5.75 Å². The Bertz CT molecular complexity index is 649. The van der Waals surface area contributed by atoms with Gasteiger partial charge in [-0.2, -0.15) is 0 Å². The van der Waals surface area contributed by atoms with Crippen LogP contribution < -0.4 is 4.74 Å². The van der Waals surface area contributed by atoms with E-state index in [-0.39, 0.29) is 11.9 Å². The Morgan fingerprint density at radius 3 is 2.48 bits per heavy atom. The molecule has 0 bridgehead atoms. The molecule has 0 aliphatic heterocycles. The molecule has 0 aliphatic rings. The van der Waals surface area contributed by atoms with Gasteiger partial charge in [-0.1, -0.05) is 42.0 Å². The number of methoxy groups -OCH3 is 1. The molecule has 0 aliphatic carbocycles. The first-order valence-electron chi connectivity index (χ1n) is 7.96. The summed E-state index contributed by atoms with van der Waals surface area (Å²) in [7, 11) is 3.52. The highest BCUT2D eigenvalue weighted by Gasteiger charge is 2.17. The van der Waals surface area contributed by atoms with E-state index in [0.29, 0.717) is 6.42 Å². The van der Waals surface area contributed by atoms with Gasteiger partial charge in [0.05, 0.1) is 13.2 Å². The highest BCUT2D eigenvalue weighted by atomic mass is 16.5. The van der Waals surface area contributed by atoms with E-state index in [9.17, 15) is 4.79 Å². The summed E-state index contributed by atoms with van der Waals surface area (Å²) < 4.78 is 5.17. The lowest BCUT2D eigenvalue weighted by Crippen LogP contribution is -2.29. The van der Waals surface area contributed by atoms with Gasteiger partial charge in [0.25, 0.3) is 0 Å². The molecule has 2 aromatic carbocycles. The third-order valence-corrected chi connectivity index (χ3v) is 4.28. The Hall–Kier alpha value is -2.29. The van der Waals surface area contributed by atoms with Crippen molar-refractivity contribution in [2.45, 2.75) is 32.7 Å². The molecular formula is C20H25NO2. The molecule has 0 radical (unpaired) electrons. The number of carbonyl (C=O) groups excluding carboxylic acids is 1. The van der Waals surface area contributed by atoms with Gasteiger partial charge in [-0.05, 0) is 43.5 Å². The van der Waals surface area contributed by atoms with Crippen LogP contribution in [-0.4, -0.2) is 25.0 Å². The Balaban J connectivity index is 1.95. The molecule has 0 fully saturated rings. The second-order valence-electron chi connectivity index (χ2n) is 5.94. The number of amides is 1. The molecule has 1 unspecified atom stereocenters. The summed E-state index contributed by atoms with van der Waals surface area (Å²) in [5.41, 5.74) is 3.55. The Labute approximate surface area is 138 Å². The van der Waals surface area contributed by atoms with Crippen molar-refractivity contribution in [1.82, 2.24) is 4.90 Å². The van der Waals surface area contributed by atoms with Crippen molar-refractivity contribution in [1.29, 1.82) is 0 Å². The van der Waals surface area contributed by atoms with Gasteiger partial charge in [-0.15, -0.1) is 0 Å². The van der Waals surface area contributed by atoms with Crippen LogP contribution in [0, 0.1) is 6.92 Å². The van der Waals surface area contributed by atoms with Crippen LogP contribution in [0.1, 0.15) is 36.1 Å². The van der Waals surface area contributed by atoms with Crippen molar-refractivity contribution in [3.63, 3.8) is 0 Å². The molecule has 0 saturated heterocycles. The molecule has 2 rings (SSSR count). The van der Waals surface area contributed by atoms with Crippen molar-refractivity contribution < 1.29 is 9.53 Å². The van der Waals surface area contributed by atoms with Gasteiger partial charge in [-0.3, -0.25) is 4.79 Å². The van der Waals surface area contributed by atoms with Crippen LogP contribution in [0.15, 0.2) is 48.5 Å². The summed E-state index contributed by atoms with van der Waals surface area (Å²) in [6.45, 7) is 4.12. The lowest BCUT2D eigenvalue weighted by Gasteiger charge is -2.25. The Morgan fingerprint density at radius 2 is 1.87 bits per heavy atom. The molecule has 0 saturated carbocycles. The molecule has 2 aromatic rings. The molecule has 0 spiro atoms. The minimum absolute atomic E-state index is 0.0471. The lowest BCUT2D eigenvalue weighted by atomic mass is 10.0. The van der Waals surface area contributed by atoms with E-state index in [1.165, 1.54) is 11.1 Å². The number of rotatable bonds is 6. The third-order valence-electron chi connectivity index (χ3n) is 4.28. The van der Waals surface area contributed by atoms with E-state index in [1.807, 2.05) is 49.2 Å². The topological polar surface area (TPSA) is 29.5 Å². The summed E-state index contributed by atoms with van der Waals surface area (Å²) in [5, 5.41) is 0. The number of benzene rings is 2. The standard InChI is InChI=1S/C20H25NO2/c1-15-6-5-7-17(14-15)8-13-20(22)21(3)16(2)18-9-11-19(23-4)12-10-18/h5-7,9-12,14,16H,8,13H2,1-4H3. The van der Waals surface area contributed by atoms with Crippen LogP contribution in [0.4, 0.5) is 0 Å². The molecular weight excluding hydrogens is 286 g/mol. The summed E-state index contributed by atoms with van der Waals surface area (Å²) in [6.07, 6.45) is 1.31. The zero-order valence-electron chi connectivity index (χ0n) is 14.4. The SMILES string of the molecule is COc1ccc(C(C)N(C)C(=O)CCc2cccc(C)c2)cc1. The van der Waals surface area contributed by atoms with Gasteiger partial charge in [0.2, 0.25) is 5.91 Å². The monoisotopic (exact) mass is 311 g/mol. The molecule has 122 valence electrons. The smallest absolute Gasteiger partial charge is 0.223 e. The Morgan fingerprint density at radius 1 is 1.17 bits per heavy atom. The first-order valence-corrected chi connectivity index (χ1v) is 7.96. The lowest BCUT2D eigenvalue weighted by molar-refractivity contribution is -0.131. The van der Waals surface area contributed by atoms with Crippen LogP contribution in [0.3, 0.4) is 0 Å².